The third-order valence-electron chi connectivity index (χ3n) is 2.93. The number of nitrogens with one attached hydrogen (secondary N) is 2. The lowest BCUT2D eigenvalue weighted by atomic mass is 10.2. The molecule has 0 saturated heterocycles. The number of nitriles is 1. The van der Waals surface area contributed by atoms with Gasteiger partial charge >= 0.3 is 0 Å². The minimum absolute atomic E-state index is 0.0188. The van der Waals surface area contributed by atoms with Gasteiger partial charge in [-0.1, -0.05) is 13.0 Å². The van der Waals surface area contributed by atoms with Crippen LogP contribution in [0.15, 0.2) is 30.0 Å². The summed E-state index contributed by atoms with van der Waals surface area (Å²) in [6.45, 7) is 5.79. The average Bonchev–Trinajstić information content (AvgIpc) is 2.41. The molecule has 1 atom stereocenters. The number of rotatable bonds is 5. The van der Waals surface area contributed by atoms with Gasteiger partial charge in [-0.05, 0) is 38.0 Å². The molecular formula is C15H20N4O. The molecule has 1 rings (SSSR count). The van der Waals surface area contributed by atoms with E-state index in [0.29, 0.717) is 11.4 Å². The molecule has 5 heteroatoms. The number of benzene rings is 1. The highest BCUT2D eigenvalue weighted by Gasteiger charge is 2.11. The predicted molar refractivity (Wildman–Crippen MR) is 80.8 cm³/mol. The maximum atomic E-state index is 11.8. The van der Waals surface area contributed by atoms with Crippen LogP contribution in [-0.2, 0) is 4.79 Å². The molecule has 1 amide bonds. The summed E-state index contributed by atoms with van der Waals surface area (Å²) in [5, 5.41) is 14.7. The Bertz CT molecular complexity index is 557. The fraction of sp³-hybridized carbons (Fsp3) is 0.333. The van der Waals surface area contributed by atoms with Crippen LogP contribution in [0.25, 0.3) is 0 Å². The fourth-order valence-electron chi connectivity index (χ4n) is 1.52. The zero-order chi connectivity index (χ0) is 15.1. The van der Waals surface area contributed by atoms with Gasteiger partial charge in [0.05, 0.1) is 11.4 Å². The van der Waals surface area contributed by atoms with Gasteiger partial charge in [-0.15, -0.1) is 0 Å². The summed E-state index contributed by atoms with van der Waals surface area (Å²) in [5.41, 5.74) is 8.16. The summed E-state index contributed by atoms with van der Waals surface area (Å²) in [7, 11) is 0. The van der Waals surface area contributed by atoms with Crippen LogP contribution in [0.1, 0.15) is 25.8 Å². The molecule has 1 aromatic rings. The molecule has 106 valence electrons. The van der Waals surface area contributed by atoms with E-state index in [9.17, 15) is 4.79 Å². The first-order valence-electron chi connectivity index (χ1n) is 6.51. The monoisotopic (exact) mass is 272 g/mol. The van der Waals surface area contributed by atoms with E-state index in [1.807, 2.05) is 45.0 Å². The second-order valence-corrected chi connectivity index (χ2v) is 4.69. The second kappa shape index (κ2) is 7.19. The first kappa shape index (κ1) is 15.6. The Balaban J connectivity index is 2.80. The molecule has 0 heterocycles. The third kappa shape index (κ3) is 4.32. The highest BCUT2D eigenvalue weighted by atomic mass is 16.1. The number of anilines is 2. The molecular weight excluding hydrogens is 252 g/mol. The quantitative estimate of drug-likeness (QED) is 0.436. The molecule has 20 heavy (non-hydrogen) atoms. The molecule has 1 aromatic carbocycles. The van der Waals surface area contributed by atoms with Crippen molar-refractivity contribution in [3.05, 3.63) is 35.5 Å². The maximum Gasteiger partial charge on any atom is 0.263 e. The molecule has 0 spiro atoms. The number of hydrogen-bond donors (Lipinski definition) is 3. The first-order valence-corrected chi connectivity index (χ1v) is 6.51. The summed E-state index contributed by atoms with van der Waals surface area (Å²) >= 11 is 0. The lowest BCUT2D eigenvalue weighted by Gasteiger charge is -2.11. The predicted octanol–water partition coefficient (Wildman–Crippen LogP) is 2.31. The standard InChI is InChI=1S/C15H20N4O/c1-4-11(3)19-15(20)12(8-16)9-18-14-6-5-10(2)7-13(14)17/h5-7,9,11,18H,4,17H2,1-3H3,(H,19,20)/b12-9-. The molecule has 4 N–H and O–H groups in total. The van der Waals surface area contributed by atoms with E-state index in [4.69, 9.17) is 11.0 Å². The van der Waals surface area contributed by atoms with Crippen molar-refractivity contribution in [2.24, 2.45) is 0 Å². The number of nitrogen functional groups attached to an aromatic ring is 1. The van der Waals surface area contributed by atoms with Crippen molar-refractivity contribution in [2.75, 3.05) is 11.1 Å². The van der Waals surface area contributed by atoms with E-state index in [1.54, 1.807) is 0 Å². The zero-order valence-electron chi connectivity index (χ0n) is 12.0. The van der Waals surface area contributed by atoms with E-state index in [0.717, 1.165) is 12.0 Å². The van der Waals surface area contributed by atoms with Gasteiger partial charge in [0, 0.05) is 12.2 Å². The largest absolute Gasteiger partial charge is 0.397 e. The zero-order valence-corrected chi connectivity index (χ0v) is 12.0. The number of carbonyl (C=O) groups is 1. The van der Waals surface area contributed by atoms with Crippen LogP contribution >= 0.6 is 0 Å². The van der Waals surface area contributed by atoms with Gasteiger partial charge in [-0.25, -0.2) is 0 Å². The highest BCUT2D eigenvalue weighted by Crippen LogP contribution is 2.19. The van der Waals surface area contributed by atoms with Crippen molar-refractivity contribution < 1.29 is 4.79 Å². The molecule has 5 nitrogen and oxygen atoms in total. The van der Waals surface area contributed by atoms with Gasteiger partial charge in [0.25, 0.3) is 5.91 Å². The summed E-state index contributed by atoms with van der Waals surface area (Å²) < 4.78 is 0. The molecule has 0 fully saturated rings. The smallest absolute Gasteiger partial charge is 0.263 e. The lowest BCUT2D eigenvalue weighted by molar-refractivity contribution is -0.117. The van der Waals surface area contributed by atoms with Crippen LogP contribution in [-0.4, -0.2) is 11.9 Å². The summed E-state index contributed by atoms with van der Waals surface area (Å²) in [6.07, 6.45) is 2.18. The SMILES string of the molecule is CCC(C)NC(=O)/C(C#N)=C\Nc1ccc(C)cc1N. The number of amides is 1. The average molecular weight is 272 g/mol. The molecule has 0 aliphatic heterocycles. The number of nitrogens with two attached hydrogens (primary N) is 1. The van der Waals surface area contributed by atoms with Crippen molar-refractivity contribution in [3.8, 4) is 6.07 Å². The van der Waals surface area contributed by atoms with E-state index in [1.165, 1.54) is 6.20 Å². The number of carbonyl (C=O) groups excluding carboxylic acids is 1. The Morgan fingerprint density at radius 3 is 2.80 bits per heavy atom. The first-order chi connectivity index (χ1) is 9.47. The van der Waals surface area contributed by atoms with E-state index >= 15 is 0 Å². The summed E-state index contributed by atoms with van der Waals surface area (Å²) in [5.74, 6) is -0.389. The minimum atomic E-state index is -0.389. The van der Waals surface area contributed by atoms with Crippen molar-refractivity contribution in [1.29, 1.82) is 5.26 Å². The Kier molecular flexibility index (Phi) is 5.60. The Labute approximate surface area is 119 Å². The number of aryl methyl sites for hydroxylation is 1. The van der Waals surface area contributed by atoms with Gasteiger partial charge in [0.1, 0.15) is 11.6 Å². The lowest BCUT2D eigenvalue weighted by Crippen LogP contribution is -2.33. The van der Waals surface area contributed by atoms with Gasteiger partial charge in [0.15, 0.2) is 0 Å². The van der Waals surface area contributed by atoms with Crippen LogP contribution < -0.4 is 16.4 Å². The summed E-state index contributed by atoms with van der Waals surface area (Å²) in [6, 6.07) is 7.44. The van der Waals surface area contributed by atoms with Crippen molar-refractivity contribution in [2.45, 2.75) is 33.2 Å². The Hall–Kier alpha value is -2.48. The molecule has 0 aliphatic rings. The molecule has 0 aliphatic carbocycles. The van der Waals surface area contributed by atoms with Crippen LogP contribution in [0.3, 0.4) is 0 Å². The number of hydrogen-bond acceptors (Lipinski definition) is 4. The molecule has 0 saturated carbocycles. The van der Waals surface area contributed by atoms with E-state index < -0.39 is 0 Å². The van der Waals surface area contributed by atoms with Gasteiger partial charge < -0.3 is 16.4 Å². The maximum absolute atomic E-state index is 11.8. The van der Waals surface area contributed by atoms with Gasteiger partial charge in [-0.3, -0.25) is 4.79 Å². The third-order valence-corrected chi connectivity index (χ3v) is 2.93. The van der Waals surface area contributed by atoms with Crippen LogP contribution in [0.4, 0.5) is 11.4 Å². The molecule has 0 aromatic heterocycles. The number of nitrogens with zero attached hydrogens (tertiary/aromatic N) is 1. The van der Waals surface area contributed by atoms with Crippen molar-refractivity contribution >= 4 is 17.3 Å². The Morgan fingerprint density at radius 2 is 2.25 bits per heavy atom. The topological polar surface area (TPSA) is 90.9 Å². The van der Waals surface area contributed by atoms with Crippen molar-refractivity contribution in [3.63, 3.8) is 0 Å². The fourth-order valence-corrected chi connectivity index (χ4v) is 1.52. The van der Waals surface area contributed by atoms with E-state index in [2.05, 4.69) is 10.6 Å². The molecule has 0 radical (unpaired) electrons. The van der Waals surface area contributed by atoms with Crippen LogP contribution in [0.2, 0.25) is 0 Å². The van der Waals surface area contributed by atoms with E-state index in [-0.39, 0.29) is 17.5 Å². The van der Waals surface area contributed by atoms with Crippen LogP contribution in [0.5, 0.6) is 0 Å². The van der Waals surface area contributed by atoms with Gasteiger partial charge in [-0.2, -0.15) is 5.26 Å². The summed E-state index contributed by atoms with van der Waals surface area (Å²) in [4.78, 5) is 11.8. The highest BCUT2D eigenvalue weighted by molar-refractivity contribution is 5.97. The normalized spacial score (nSPS) is 12.4. The molecule has 0 bridgehead atoms. The minimum Gasteiger partial charge on any atom is -0.397 e. The van der Waals surface area contributed by atoms with Crippen molar-refractivity contribution in [1.82, 2.24) is 5.32 Å². The van der Waals surface area contributed by atoms with Gasteiger partial charge in [0.2, 0.25) is 0 Å². The second-order valence-electron chi connectivity index (χ2n) is 4.69. The van der Waals surface area contributed by atoms with Crippen LogP contribution in [0, 0.1) is 18.3 Å². The molecule has 1 unspecified atom stereocenters. The Morgan fingerprint density at radius 1 is 1.55 bits per heavy atom.